The molecular weight excluding hydrogens is 443 g/mol. The number of pyridine rings is 1. The van der Waals surface area contributed by atoms with Gasteiger partial charge in [-0.3, -0.25) is 19.3 Å². The number of rotatable bonds is 5. The van der Waals surface area contributed by atoms with Crippen molar-refractivity contribution in [3.05, 3.63) is 81.9 Å². The Balaban J connectivity index is 1.54. The number of hydrogen-bond donors (Lipinski definition) is 1. The summed E-state index contributed by atoms with van der Waals surface area (Å²) in [6.45, 7) is 5.34. The highest BCUT2D eigenvalue weighted by atomic mass is 32.2. The number of nitrogens with one attached hydrogen (secondary N) is 1. The van der Waals surface area contributed by atoms with Crippen LogP contribution in [0.25, 0.3) is 11.9 Å². The standard InChI is InChI=1S/C24H21FN4O3S/c1-14-8-9-26-21(10-14)29-15(2)11-17(16(29)3)12-20-23(31)28(24(32)33-20)13-22(30)27-19-7-5-4-6-18(19)25/h4-12H,13H2,1-3H3,(H,27,30)/b20-12-. The first kappa shape index (κ1) is 22.5. The van der Waals surface area contributed by atoms with Crippen molar-refractivity contribution in [1.29, 1.82) is 0 Å². The topological polar surface area (TPSA) is 84.3 Å². The van der Waals surface area contributed by atoms with E-state index < -0.39 is 29.4 Å². The fraction of sp³-hybridized carbons (Fsp3) is 0.167. The molecule has 3 aromatic rings. The quantitative estimate of drug-likeness (QED) is 0.558. The molecule has 3 amide bonds. The third-order valence-electron chi connectivity index (χ3n) is 5.21. The maximum absolute atomic E-state index is 13.8. The van der Waals surface area contributed by atoms with Crippen LogP contribution in [0.3, 0.4) is 0 Å². The predicted molar refractivity (Wildman–Crippen MR) is 125 cm³/mol. The number of imide groups is 1. The molecule has 2 aromatic heterocycles. The Morgan fingerprint density at radius 1 is 1.15 bits per heavy atom. The highest BCUT2D eigenvalue weighted by Crippen LogP contribution is 2.33. The Morgan fingerprint density at radius 2 is 1.91 bits per heavy atom. The van der Waals surface area contributed by atoms with Crippen LogP contribution < -0.4 is 5.32 Å². The number of amides is 3. The molecule has 0 aliphatic carbocycles. The highest BCUT2D eigenvalue weighted by molar-refractivity contribution is 8.18. The summed E-state index contributed by atoms with van der Waals surface area (Å²) in [4.78, 5) is 43.0. The minimum absolute atomic E-state index is 0.0118. The van der Waals surface area contributed by atoms with Gasteiger partial charge in [-0.25, -0.2) is 9.37 Å². The molecule has 7 nitrogen and oxygen atoms in total. The Hall–Kier alpha value is -3.72. The number of aromatic nitrogens is 2. The number of para-hydroxylation sites is 1. The van der Waals surface area contributed by atoms with E-state index >= 15 is 0 Å². The summed E-state index contributed by atoms with van der Waals surface area (Å²) in [6.07, 6.45) is 3.38. The second kappa shape index (κ2) is 9.03. The average Bonchev–Trinajstić information content (AvgIpc) is 3.19. The molecule has 33 heavy (non-hydrogen) atoms. The Labute approximate surface area is 194 Å². The molecule has 0 spiro atoms. The lowest BCUT2D eigenvalue weighted by atomic mass is 10.2. The van der Waals surface area contributed by atoms with E-state index in [4.69, 9.17) is 0 Å². The molecule has 0 unspecified atom stereocenters. The summed E-state index contributed by atoms with van der Waals surface area (Å²) >= 11 is 0.770. The van der Waals surface area contributed by atoms with Crippen molar-refractivity contribution in [2.45, 2.75) is 20.8 Å². The number of thioether (sulfide) groups is 1. The molecule has 1 aromatic carbocycles. The van der Waals surface area contributed by atoms with Crippen LogP contribution in [-0.2, 0) is 9.59 Å². The zero-order valence-electron chi connectivity index (χ0n) is 18.3. The minimum atomic E-state index is -0.660. The van der Waals surface area contributed by atoms with E-state index in [1.165, 1.54) is 18.2 Å². The summed E-state index contributed by atoms with van der Waals surface area (Å²) in [7, 11) is 0. The van der Waals surface area contributed by atoms with Crippen LogP contribution in [0, 0.1) is 26.6 Å². The van der Waals surface area contributed by atoms with Gasteiger partial charge in [0.15, 0.2) is 0 Å². The molecule has 0 radical (unpaired) electrons. The molecule has 1 N–H and O–H groups in total. The molecule has 0 atom stereocenters. The van der Waals surface area contributed by atoms with Crippen LogP contribution in [0.2, 0.25) is 0 Å². The van der Waals surface area contributed by atoms with E-state index in [1.807, 2.05) is 43.5 Å². The molecule has 0 bridgehead atoms. The number of benzene rings is 1. The van der Waals surface area contributed by atoms with Crippen molar-refractivity contribution >= 4 is 40.6 Å². The first-order valence-corrected chi connectivity index (χ1v) is 11.0. The van der Waals surface area contributed by atoms with Gasteiger partial charge in [-0.15, -0.1) is 0 Å². The van der Waals surface area contributed by atoms with Crippen LogP contribution in [0.5, 0.6) is 0 Å². The van der Waals surface area contributed by atoms with Gasteiger partial charge in [-0.1, -0.05) is 12.1 Å². The predicted octanol–water partition coefficient (Wildman–Crippen LogP) is 4.61. The lowest BCUT2D eigenvalue weighted by Crippen LogP contribution is -2.36. The number of carbonyl (C=O) groups excluding carboxylic acids is 3. The Bertz CT molecular complexity index is 1310. The molecule has 1 aliphatic heterocycles. The van der Waals surface area contributed by atoms with Crippen LogP contribution in [0.4, 0.5) is 14.9 Å². The fourth-order valence-electron chi connectivity index (χ4n) is 3.60. The summed E-state index contributed by atoms with van der Waals surface area (Å²) < 4.78 is 15.7. The third kappa shape index (κ3) is 4.58. The van der Waals surface area contributed by atoms with Gasteiger partial charge >= 0.3 is 0 Å². The fourth-order valence-corrected chi connectivity index (χ4v) is 4.43. The Morgan fingerprint density at radius 3 is 2.64 bits per heavy atom. The smallest absolute Gasteiger partial charge is 0.294 e. The van der Waals surface area contributed by atoms with E-state index in [9.17, 15) is 18.8 Å². The molecule has 3 heterocycles. The SMILES string of the molecule is Cc1ccnc(-n2c(C)cc(/C=C3\SC(=O)N(CC(=O)Nc4ccccc4F)C3=O)c2C)c1. The van der Waals surface area contributed by atoms with Gasteiger partial charge in [0.2, 0.25) is 5.91 Å². The van der Waals surface area contributed by atoms with Crippen molar-refractivity contribution in [3.8, 4) is 5.82 Å². The zero-order valence-corrected chi connectivity index (χ0v) is 19.1. The lowest BCUT2D eigenvalue weighted by molar-refractivity contribution is -0.127. The maximum Gasteiger partial charge on any atom is 0.294 e. The largest absolute Gasteiger partial charge is 0.322 e. The van der Waals surface area contributed by atoms with Gasteiger partial charge in [-0.05, 0) is 80.1 Å². The second-order valence-electron chi connectivity index (χ2n) is 7.65. The van der Waals surface area contributed by atoms with E-state index in [2.05, 4.69) is 10.3 Å². The summed E-state index contributed by atoms with van der Waals surface area (Å²) in [6, 6.07) is 11.5. The van der Waals surface area contributed by atoms with Crippen molar-refractivity contribution in [3.63, 3.8) is 0 Å². The van der Waals surface area contributed by atoms with E-state index in [-0.39, 0.29) is 10.6 Å². The third-order valence-corrected chi connectivity index (χ3v) is 6.12. The monoisotopic (exact) mass is 464 g/mol. The van der Waals surface area contributed by atoms with Crippen molar-refractivity contribution in [2.24, 2.45) is 0 Å². The molecule has 168 valence electrons. The summed E-state index contributed by atoms with van der Waals surface area (Å²) in [5.74, 6) is -1.06. The van der Waals surface area contributed by atoms with Crippen molar-refractivity contribution in [2.75, 3.05) is 11.9 Å². The minimum Gasteiger partial charge on any atom is -0.322 e. The lowest BCUT2D eigenvalue weighted by Gasteiger charge is -2.12. The van der Waals surface area contributed by atoms with Crippen LogP contribution >= 0.6 is 11.8 Å². The first-order chi connectivity index (χ1) is 15.7. The molecule has 9 heteroatoms. The van der Waals surface area contributed by atoms with E-state index in [1.54, 1.807) is 18.3 Å². The van der Waals surface area contributed by atoms with Crippen LogP contribution in [0.15, 0.2) is 53.6 Å². The molecule has 1 aliphatic rings. The van der Waals surface area contributed by atoms with Crippen molar-refractivity contribution < 1.29 is 18.8 Å². The molecule has 0 saturated carbocycles. The van der Waals surface area contributed by atoms with Crippen LogP contribution in [-0.4, -0.2) is 38.0 Å². The first-order valence-electron chi connectivity index (χ1n) is 10.2. The van der Waals surface area contributed by atoms with E-state index in [0.29, 0.717) is 0 Å². The van der Waals surface area contributed by atoms with Gasteiger partial charge in [0, 0.05) is 17.6 Å². The molecule has 1 saturated heterocycles. The molecular formula is C24H21FN4O3S. The maximum atomic E-state index is 13.8. The number of nitrogens with zero attached hydrogens (tertiary/aromatic N) is 3. The number of anilines is 1. The summed E-state index contributed by atoms with van der Waals surface area (Å²) in [5, 5.41) is 1.83. The van der Waals surface area contributed by atoms with E-state index in [0.717, 1.165) is 45.0 Å². The van der Waals surface area contributed by atoms with Gasteiger partial charge in [0.25, 0.3) is 11.1 Å². The van der Waals surface area contributed by atoms with Gasteiger partial charge in [0.05, 0.1) is 10.6 Å². The normalized spacial score (nSPS) is 14.9. The molecule has 4 rings (SSSR count). The highest BCUT2D eigenvalue weighted by Gasteiger charge is 2.36. The molecule has 1 fully saturated rings. The number of carbonyl (C=O) groups is 3. The second-order valence-corrected chi connectivity index (χ2v) is 8.64. The van der Waals surface area contributed by atoms with Gasteiger partial charge in [-0.2, -0.15) is 0 Å². The number of aryl methyl sites for hydroxylation is 2. The average molecular weight is 465 g/mol. The number of halogens is 1. The van der Waals surface area contributed by atoms with Gasteiger partial charge < -0.3 is 9.88 Å². The Kier molecular flexibility index (Phi) is 6.15. The van der Waals surface area contributed by atoms with Crippen molar-refractivity contribution in [1.82, 2.24) is 14.5 Å². The zero-order chi connectivity index (χ0) is 23.7. The number of hydrogen-bond acceptors (Lipinski definition) is 5. The van der Waals surface area contributed by atoms with Gasteiger partial charge in [0.1, 0.15) is 18.2 Å². The summed E-state index contributed by atoms with van der Waals surface area (Å²) in [5.41, 5.74) is 3.64. The van der Waals surface area contributed by atoms with Crippen LogP contribution in [0.1, 0.15) is 22.5 Å².